The molecule has 0 radical (unpaired) electrons. The lowest BCUT2D eigenvalue weighted by Crippen LogP contribution is -2.49. The van der Waals surface area contributed by atoms with E-state index in [2.05, 4.69) is 5.32 Å². The van der Waals surface area contributed by atoms with Gasteiger partial charge in [0.25, 0.3) is 0 Å². The van der Waals surface area contributed by atoms with Crippen LogP contribution in [-0.4, -0.2) is 44.1 Å². The van der Waals surface area contributed by atoms with Crippen LogP contribution < -0.4 is 19.7 Å². The minimum Gasteiger partial charge on any atom is -0.497 e. The van der Waals surface area contributed by atoms with Crippen LogP contribution in [0.4, 0.5) is 16.2 Å². The average molecular weight is 409 g/mol. The van der Waals surface area contributed by atoms with Crippen molar-refractivity contribution >= 4 is 23.3 Å². The number of methoxy groups -OCH3 is 2. The Balaban J connectivity index is 1.53. The number of urea groups is 1. The predicted octanol–water partition coefficient (Wildman–Crippen LogP) is 3.88. The zero-order valence-electron chi connectivity index (χ0n) is 17.4. The summed E-state index contributed by atoms with van der Waals surface area (Å²) in [7, 11) is 3.22. The summed E-state index contributed by atoms with van der Waals surface area (Å²) >= 11 is 0. The molecule has 4 rings (SSSR count). The number of benzene rings is 2. The van der Waals surface area contributed by atoms with E-state index in [1.807, 2.05) is 47.4 Å². The van der Waals surface area contributed by atoms with E-state index in [1.54, 1.807) is 19.1 Å². The van der Waals surface area contributed by atoms with E-state index >= 15 is 0 Å². The van der Waals surface area contributed by atoms with Crippen LogP contribution in [0.5, 0.6) is 11.5 Å². The Morgan fingerprint density at radius 3 is 2.43 bits per heavy atom. The highest BCUT2D eigenvalue weighted by Gasteiger charge is 2.32. The van der Waals surface area contributed by atoms with Gasteiger partial charge in [-0.15, -0.1) is 0 Å². The van der Waals surface area contributed by atoms with Gasteiger partial charge in [-0.05, 0) is 49.1 Å². The molecule has 1 saturated carbocycles. The monoisotopic (exact) mass is 409 g/mol. The number of hydrogen-bond acceptors (Lipinski definition) is 4. The van der Waals surface area contributed by atoms with Crippen molar-refractivity contribution in [2.24, 2.45) is 5.92 Å². The summed E-state index contributed by atoms with van der Waals surface area (Å²) in [5.74, 6) is 1.53. The molecule has 0 atom stereocenters. The van der Waals surface area contributed by atoms with Gasteiger partial charge in [0.05, 0.1) is 25.6 Å². The Kier molecular flexibility index (Phi) is 5.79. The molecule has 0 bridgehead atoms. The molecule has 0 aromatic heterocycles. The van der Waals surface area contributed by atoms with Gasteiger partial charge in [0.2, 0.25) is 5.91 Å². The number of carbonyl (C=O) groups excluding carboxylic acids is 2. The van der Waals surface area contributed by atoms with Crippen LogP contribution in [0.15, 0.2) is 42.5 Å². The maximum atomic E-state index is 13.3. The molecule has 158 valence electrons. The summed E-state index contributed by atoms with van der Waals surface area (Å²) < 4.78 is 10.7. The number of ether oxygens (including phenoxy) is 2. The third-order valence-electron chi connectivity index (χ3n) is 5.50. The van der Waals surface area contributed by atoms with Gasteiger partial charge in [0.15, 0.2) is 0 Å². The number of rotatable bonds is 7. The van der Waals surface area contributed by atoms with E-state index < -0.39 is 0 Å². The summed E-state index contributed by atoms with van der Waals surface area (Å²) in [6, 6.07) is 13.1. The molecule has 1 aliphatic carbocycles. The Morgan fingerprint density at radius 2 is 1.77 bits per heavy atom. The lowest BCUT2D eigenvalue weighted by molar-refractivity contribution is -0.117. The van der Waals surface area contributed by atoms with Gasteiger partial charge in [0.1, 0.15) is 11.5 Å². The van der Waals surface area contributed by atoms with Crippen molar-refractivity contribution in [3.05, 3.63) is 48.0 Å². The quantitative estimate of drug-likeness (QED) is 0.753. The third kappa shape index (κ3) is 4.35. The van der Waals surface area contributed by atoms with Gasteiger partial charge in [0, 0.05) is 31.6 Å². The van der Waals surface area contributed by atoms with Gasteiger partial charge in [-0.1, -0.05) is 12.1 Å². The Labute approximate surface area is 176 Å². The van der Waals surface area contributed by atoms with E-state index in [0.717, 1.165) is 30.5 Å². The van der Waals surface area contributed by atoms with Crippen LogP contribution in [-0.2, 0) is 11.3 Å². The predicted molar refractivity (Wildman–Crippen MR) is 115 cm³/mol. The molecule has 3 amide bonds. The summed E-state index contributed by atoms with van der Waals surface area (Å²) in [6.07, 6.45) is 2.72. The maximum absolute atomic E-state index is 13.3. The van der Waals surface area contributed by atoms with Gasteiger partial charge >= 0.3 is 6.03 Å². The number of nitrogens with zero attached hydrogens (tertiary/aromatic N) is 2. The van der Waals surface area contributed by atoms with Crippen LogP contribution >= 0.6 is 0 Å². The van der Waals surface area contributed by atoms with Crippen molar-refractivity contribution in [2.75, 3.05) is 37.5 Å². The van der Waals surface area contributed by atoms with Crippen molar-refractivity contribution in [3.63, 3.8) is 0 Å². The SMILES string of the molecule is COc1cc(CN2CCCN(c3ccccc3NC(=O)C3CC3)C2=O)cc(OC)c1. The van der Waals surface area contributed by atoms with Crippen molar-refractivity contribution in [3.8, 4) is 11.5 Å². The molecule has 0 unspecified atom stereocenters. The minimum atomic E-state index is -0.0730. The molecule has 2 aromatic rings. The average Bonchev–Trinajstić information content (AvgIpc) is 3.61. The van der Waals surface area contributed by atoms with Crippen LogP contribution in [0.1, 0.15) is 24.8 Å². The lowest BCUT2D eigenvalue weighted by atomic mass is 10.1. The van der Waals surface area contributed by atoms with Crippen molar-refractivity contribution in [1.82, 2.24) is 4.90 Å². The third-order valence-corrected chi connectivity index (χ3v) is 5.50. The standard InChI is InChI=1S/C23H27N3O4/c1-29-18-12-16(13-19(14-18)30-2)15-25-10-5-11-26(23(25)28)21-7-4-3-6-20(21)24-22(27)17-8-9-17/h3-4,6-7,12-14,17H,5,8-11,15H2,1-2H3,(H,24,27). The van der Waals surface area contributed by atoms with Gasteiger partial charge in [-0.25, -0.2) is 4.79 Å². The molecule has 7 nitrogen and oxygen atoms in total. The number of carbonyl (C=O) groups is 2. The van der Waals surface area contributed by atoms with Crippen molar-refractivity contribution in [2.45, 2.75) is 25.8 Å². The fourth-order valence-electron chi connectivity index (χ4n) is 3.72. The molecule has 2 aliphatic rings. The Bertz CT molecular complexity index is 920. The maximum Gasteiger partial charge on any atom is 0.324 e. The first-order valence-corrected chi connectivity index (χ1v) is 10.3. The molecule has 2 aromatic carbocycles. The number of hydrogen-bond donors (Lipinski definition) is 1. The first-order valence-electron chi connectivity index (χ1n) is 10.3. The first kappa shape index (κ1) is 20.1. The van der Waals surface area contributed by atoms with E-state index in [9.17, 15) is 9.59 Å². The van der Waals surface area contributed by atoms with Gasteiger partial charge in [-0.3, -0.25) is 9.69 Å². The molecule has 7 heteroatoms. The summed E-state index contributed by atoms with van der Waals surface area (Å²) in [4.78, 5) is 29.1. The van der Waals surface area contributed by atoms with Crippen LogP contribution in [0, 0.1) is 5.92 Å². The second kappa shape index (κ2) is 8.65. The normalized spacial score (nSPS) is 16.4. The summed E-state index contributed by atoms with van der Waals surface area (Å²) in [5.41, 5.74) is 2.37. The highest BCUT2D eigenvalue weighted by atomic mass is 16.5. The van der Waals surface area contributed by atoms with Crippen LogP contribution in [0.3, 0.4) is 0 Å². The molecular weight excluding hydrogens is 382 g/mol. The molecule has 1 saturated heterocycles. The topological polar surface area (TPSA) is 71.1 Å². The van der Waals surface area contributed by atoms with Gasteiger partial charge < -0.3 is 19.7 Å². The second-order valence-corrected chi connectivity index (χ2v) is 7.71. The fraction of sp³-hybridized carbons (Fsp3) is 0.391. The number of para-hydroxylation sites is 2. The van der Waals surface area contributed by atoms with Gasteiger partial charge in [-0.2, -0.15) is 0 Å². The largest absolute Gasteiger partial charge is 0.497 e. The van der Waals surface area contributed by atoms with E-state index in [1.165, 1.54) is 0 Å². The van der Waals surface area contributed by atoms with Crippen LogP contribution in [0.2, 0.25) is 0 Å². The molecule has 0 spiro atoms. The molecule has 2 fully saturated rings. The Hall–Kier alpha value is -3.22. The minimum absolute atomic E-state index is 0.0345. The highest BCUT2D eigenvalue weighted by molar-refractivity contribution is 6.01. The zero-order chi connectivity index (χ0) is 21.1. The highest BCUT2D eigenvalue weighted by Crippen LogP contribution is 2.34. The molecule has 1 heterocycles. The molecule has 1 aliphatic heterocycles. The smallest absolute Gasteiger partial charge is 0.324 e. The van der Waals surface area contributed by atoms with E-state index in [0.29, 0.717) is 36.8 Å². The lowest BCUT2D eigenvalue weighted by Gasteiger charge is -2.36. The summed E-state index contributed by atoms with van der Waals surface area (Å²) in [5, 5.41) is 3.00. The van der Waals surface area contributed by atoms with Crippen molar-refractivity contribution < 1.29 is 19.1 Å². The summed E-state index contributed by atoms with van der Waals surface area (Å²) in [6.45, 7) is 1.75. The zero-order valence-corrected chi connectivity index (χ0v) is 17.4. The van der Waals surface area contributed by atoms with E-state index in [4.69, 9.17) is 9.47 Å². The number of nitrogens with one attached hydrogen (secondary N) is 1. The molecule has 30 heavy (non-hydrogen) atoms. The van der Waals surface area contributed by atoms with Crippen molar-refractivity contribution in [1.29, 1.82) is 0 Å². The van der Waals surface area contributed by atoms with Crippen LogP contribution in [0.25, 0.3) is 0 Å². The number of amides is 3. The number of anilines is 2. The molecule has 1 N–H and O–H groups in total. The molecular formula is C23H27N3O4. The van der Waals surface area contributed by atoms with E-state index in [-0.39, 0.29) is 17.9 Å². The second-order valence-electron chi connectivity index (χ2n) is 7.71. The Morgan fingerprint density at radius 1 is 1.07 bits per heavy atom. The first-order chi connectivity index (χ1) is 14.6. The fourth-order valence-corrected chi connectivity index (χ4v) is 3.72.